The molecule has 27 heavy (non-hydrogen) atoms. The first-order valence-corrected chi connectivity index (χ1v) is 9.85. The smallest absolute Gasteiger partial charge is 0.339 e. The Kier molecular flexibility index (Phi) is 6.40. The van der Waals surface area contributed by atoms with E-state index in [1.54, 1.807) is 6.92 Å². The van der Waals surface area contributed by atoms with E-state index in [2.05, 4.69) is 10.0 Å². The Labute approximate surface area is 157 Å². The van der Waals surface area contributed by atoms with Gasteiger partial charge in [-0.25, -0.2) is 17.9 Å². The SMILES string of the molecule is CCC(C)NS(=O)(=O)c1ccc(C(=O)NCc2cc(C(=O)O)c(C)o2)cc1. The van der Waals surface area contributed by atoms with Crippen LogP contribution in [0.4, 0.5) is 0 Å². The monoisotopic (exact) mass is 394 g/mol. The lowest BCUT2D eigenvalue weighted by atomic mass is 10.2. The highest BCUT2D eigenvalue weighted by Crippen LogP contribution is 2.15. The second kappa shape index (κ2) is 8.36. The molecule has 9 heteroatoms. The molecule has 1 atom stereocenters. The molecule has 0 spiro atoms. The number of hydrogen-bond donors (Lipinski definition) is 3. The van der Waals surface area contributed by atoms with Crippen molar-refractivity contribution in [1.29, 1.82) is 0 Å². The van der Waals surface area contributed by atoms with E-state index < -0.39 is 21.9 Å². The summed E-state index contributed by atoms with van der Waals surface area (Å²) in [5, 5.41) is 11.6. The van der Waals surface area contributed by atoms with Crippen LogP contribution in [0, 0.1) is 6.92 Å². The molecule has 0 radical (unpaired) electrons. The van der Waals surface area contributed by atoms with Gasteiger partial charge in [0.05, 0.1) is 11.4 Å². The third-order valence-electron chi connectivity index (χ3n) is 4.02. The van der Waals surface area contributed by atoms with E-state index in [9.17, 15) is 18.0 Å². The van der Waals surface area contributed by atoms with Gasteiger partial charge in [-0.2, -0.15) is 0 Å². The summed E-state index contributed by atoms with van der Waals surface area (Å²) in [5.74, 6) is -0.957. The zero-order valence-corrected chi connectivity index (χ0v) is 16.1. The molecule has 0 aliphatic carbocycles. The molecule has 2 aromatic rings. The second-order valence-corrected chi connectivity index (χ2v) is 7.84. The topological polar surface area (TPSA) is 126 Å². The van der Waals surface area contributed by atoms with E-state index in [1.165, 1.54) is 37.3 Å². The van der Waals surface area contributed by atoms with Gasteiger partial charge in [-0.15, -0.1) is 0 Å². The highest BCUT2D eigenvalue weighted by molar-refractivity contribution is 7.89. The van der Waals surface area contributed by atoms with E-state index in [-0.39, 0.29) is 34.4 Å². The van der Waals surface area contributed by atoms with Gasteiger partial charge in [0.25, 0.3) is 5.91 Å². The van der Waals surface area contributed by atoms with Crippen LogP contribution in [0.15, 0.2) is 39.6 Å². The highest BCUT2D eigenvalue weighted by Gasteiger charge is 2.18. The lowest BCUT2D eigenvalue weighted by Crippen LogP contribution is -2.32. The molecule has 0 saturated carbocycles. The molecular weight excluding hydrogens is 372 g/mol. The Balaban J connectivity index is 2.03. The summed E-state index contributed by atoms with van der Waals surface area (Å²) in [4.78, 5) is 23.3. The largest absolute Gasteiger partial charge is 0.478 e. The van der Waals surface area contributed by atoms with Crippen LogP contribution in [0.3, 0.4) is 0 Å². The lowest BCUT2D eigenvalue weighted by molar-refractivity contribution is 0.0694. The molecule has 146 valence electrons. The normalized spacial score (nSPS) is 12.6. The molecule has 3 N–H and O–H groups in total. The molecule has 1 aromatic heterocycles. The van der Waals surface area contributed by atoms with Crippen LogP contribution in [-0.2, 0) is 16.6 Å². The minimum Gasteiger partial charge on any atom is -0.478 e. The first kappa shape index (κ1) is 20.7. The molecule has 0 saturated heterocycles. The summed E-state index contributed by atoms with van der Waals surface area (Å²) < 4.78 is 32.3. The van der Waals surface area contributed by atoms with Gasteiger partial charge in [0.15, 0.2) is 0 Å². The molecular formula is C18H22N2O6S. The number of carboxylic acids is 1. The van der Waals surface area contributed by atoms with Crippen molar-refractivity contribution in [2.24, 2.45) is 0 Å². The maximum Gasteiger partial charge on any atom is 0.339 e. The number of rotatable bonds is 8. The minimum atomic E-state index is -3.63. The summed E-state index contributed by atoms with van der Waals surface area (Å²) in [6.07, 6.45) is 0.662. The number of amides is 1. The number of carbonyl (C=O) groups is 2. The molecule has 8 nitrogen and oxygen atoms in total. The quantitative estimate of drug-likeness (QED) is 0.631. The van der Waals surface area contributed by atoms with Crippen LogP contribution in [-0.4, -0.2) is 31.4 Å². The number of sulfonamides is 1. The Morgan fingerprint density at radius 3 is 2.37 bits per heavy atom. The van der Waals surface area contributed by atoms with Crippen molar-refractivity contribution >= 4 is 21.9 Å². The number of aryl methyl sites for hydroxylation is 1. The zero-order chi connectivity index (χ0) is 20.2. The van der Waals surface area contributed by atoms with Gasteiger partial charge in [0, 0.05) is 11.6 Å². The first-order valence-electron chi connectivity index (χ1n) is 8.37. The summed E-state index contributed by atoms with van der Waals surface area (Å²) in [6, 6.07) is 6.71. The molecule has 1 heterocycles. The van der Waals surface area contributed by atoms with Crippen molar-refractivity contribution in [3.05, 3.63) is 53.0 Å². The van der Waals surface area contributed by atoms with Crippen LogP contribution in [0.25, 0.3) is 0 Å². The van der Waals surface area contributed by atoms with Gasteiger partial charge in [-0.3, -0.25) is 4.79 Å². The Bertz CT molecular complexity index is 931. The molecule has 1 aromatic carbocycles. The number of carbonyl (C=O) groups excluding carboxylic acids is 1. The Morgan fingerprint density at radius 1 is 1.22 bits per heavy atom. The predicted octanol–water partition coefficient (Wildman–Crippen LogP) is 2.29. The van der Waals surface area contributed by atoms with Gasteiger partial charge in [-0.1, -0.05) is 6.92 Å². The maximum absolute atomic E-state index is 12.2. The zero-order valence-electron chi connectivity index (χ0n) is 15.3. The van der Waals surface area contributed by atoms with Crippen molar-refractivity contribution < 1.29 is 27.5 Å². The van der Waals surface area contributed by atoms with Crippen LogP contribution in [0.5, 0.6) is 0 Å². The average molecular weight is 394 g/mol. The Hall–Kier alpha value is -2.65. The van der Waals surface area contributed by atoms with Crippen molar-refractivity contribution in [3.63, 3.8) is 0 Å². The summed E-state index contributed by atoms with van der Waals surface area (Å²) in [5.41, 5.74) is 0.321. The fourth-order valence-corrected chi connectivity index (χ4v) is 3.64. The van der Waals surface area contributed by atoms with E-state index in [4.69, 9.17) is 9.52 Å². The fraction of sp³-hybridized carbons (Fsp3) is 0.333. The molecule has 0 aliphatic heterocycles. The van der Waals surface area contributed by atoms with E-state index in [0.717, 1.165) is 0 Å². The number of hydrogen-bond acceptors (Lipinski definition) is 5. The van der Waals surface area contributed by atoms with Gasteiger partial charge in [0.1, 0.15) is 17.1 Å². The van der Waals surface area contributed by atoms with E-state index >= 15 is 0 Å². The highest BCUT2D eigenvalue weighted by atomic mass is 32.2. The van der Waals surface area contributed by atoms with Crippen molar-refractivity contribution in [2.45, 2.75) is 44.7 Å². The molecule has 0 bridgehead atoms. The van der Waals surface area contributed by atoms with Gasteiger partial charge < -0.3 is 14.8 Å². The summed E-state index contributed by atoms with van der Waals surface area (Å²) in [6.45, 7) is 5.19. The van der Waals surface area contributed by atoms with Gasteiger partial charge >= 0.3 is 5.97 Å². The number of aromatic carboxylic acids is 1. The third kappa shape index (κ3) is 5.18. The maximum atomic E-state index is 12.2. The standard InChI is InChI=1S/C18H22N2O6S/c1-4-11(2)20-27(24,25)15-7-5-13(6-8-15)17(21)19-10-14-9-16(18(22)23)12(3)26-14/h5-9,11,20H,4,10H2,1-3H3,(H,19,21)(H,22,23). The van der Waals surface area contributed by atoms with Crippen LogP contribution in [0.2, 0.25) is 0 Å². The van der Waals surface area contributed by atoms with Crippen molar-refractivity contribution in [1.82, 2.24) is 10.0 Å². The van der Waals surface area contributed by atoms with Crippen LogP contribution in [0.1, 0.15) is 52.5 Å². The summed E-state index contributed by atoms with van der Waals surface area (Å²) in [7, 11) is -3.63. The van der Waals surface area contributed by atoms with Crippen molar-refractivity contribution in [3.8, 4) is 0 Å². The predicted molar refractivity (Wildman–Crippen MR) is 98.1 cm³/mol. The average Bonchev–Trinajstić information content (AvgIpc) is 3.00. The van der Waals surface area contributed by atoms with Gasteiger partial charge in [-0.05, 0) is 50.6 Å². The molecule has 0 aliphatic rings. The van der Waals surface area contributed by atoms with E-state index in [0.29, 0.717) is 12.2 Å². The Morgan fingerprint density at radius 2 is 1.85 bits per heavy atom. The summed E-state index contributed by atoms with van der Waals surface area (Å²) >= 11 is 0. The first-order chi connectivity index (χ1) is 12.6. The number of benzene rings is 1. The number of carboxylic acid groups (broad SMARTS) is 1. The van der Waals surface area contributed by atoms with Crippen LogP contribution >= 0.6 is 0 Å². The third-order valence-corrected chi connectivity index (χ3v) is 5.62. The van der Waals surface area contributed by atoms with Gasteiger partial charge in [0.2, 0.25) is 10.0 Å². The van der Waals surface area contributed by atoms with Crippen molar-refractivity contribution in [2.75, 3.05) is 0 Å². The molecule has 1 amide bonds. The molecule has 0 fully saturated rings. The lowest BCUT2D eigenvalue weighted by Gasteiger charge is -2.12. The number of furan rings is 1. The minimum absolute atomic E-state index is 0.0164. The van der Waals surface area contributed by atoms with Crippen LogP contribution < -0.4 is 10.0 Å². The molecule has 2 rings (SSSR count). The number of nitrogens with one attached hydrogen (secondary N) is 2. The van der Waals surface area contributed by atoms with E-state index in [1.807, 2.05) is 6.92 Å². The second-order valence-electron chi connectivity index (χ2n) is 6.13. The fourth-order valence-electron chi connectivity index (χ4n) is 2.31. The molecule has 1 unspecified atom stereocenters.